The summed E-state index contributed by atoms with van der Waals surface area (Å²) in [4.78, 5) is 2.24. The third kappa shape index (κ3) is 8.31. The summed E-state index contributed by atoms with van der Waals surface area (Å²) in [5.74, 6) is 0.600. The van der Waals surface area contributed by atoms with Gasteiger partial charge in [-0.1, -0.05) is 51.7 Å². The molecule has 1 unspecified atom stereocenters. The Morgan fingerprint density at radius 3 is 2.22 bits per heavy atom. The van der Waals surface area contributed by atoms with Crippen LogP contribution in [-0.2, 0) is 20.0 Å². The molecule has 0 radical (unpaired) electrons. The predicted molar refractivity (Wildman–Crippen MR) is 192 cm³/mol. The smallest absolute Gasteiger partial charge is 0.196 e. The van der Waals surface area contributed by atoms with Gasteiger partial charge in [-0.25, -0.2) is 21.4 Å². The van der Waals surface area contributed by atoms with Gasteiger partial charge in [0.2, 0.25) is 0 Å². The number of nitrogens with one attached hydrogen (secondary N) is 1. The number of fused-ring (bicyclic) bond motifs is 4. The Morgan fingerprint density at radius 2 is 1.67 bits per heavy atom. The number of benzene rings is 2. The van der Waals surface area contributed by atoms with E-state index in [1.165, 1.54) is 0 Å². The van der Waals surface area contributed by atoms with E-state index in [0.29, 0.717) is 73.9 Å². The fraction of sp³-hybridized carbons (Fsp3) is 0.676. The van der Waals surface area contributed by atoms with Crippen LogP contribution in [0, 0.1) is 11.3 Å². The van der Waals surface area contributed by atoms with Gasteiger partial charge in [0.05, 0.1) is 36.4 Å². The zero-order valence-electron chi connectivity index (χ0n) is 29.8. The average molecular weight is 720 g/mol. The van der Waals surface area contributed by atoms with E-state index in [9.17, 15) is 26.5 Å². The van der Waals surface area contributed by atoms with E-state index in [0.717, 1.165) is 56.3 Å². The number of nitrogens with zero attached hydrogens (tertiary/aromatic N) is 2. The van der Waals surface area contributed by atoms with Crippen LogP contribution in [-0.4, -0.2) is 88.7 Å². The number of quaternary nitrogens is 1. The van der Waals surface area contributed by atoms with Gasteiger partial charge in [0, 0.05) is 56.9 Å². The van der Waals surface area contributed by atoms with E-state index < -0.39 is 42.8 Å². The maximum atomic E-state index is 14.1. The van der Waals surface area contributed by atoms with Gasteiger partial charge in [0.15, 0.2) is 25.3 Å². The molecule has 4 aliphatic heterocycles. The topological polar surface area (TPSA) is 136 Å². The Hall–Kier alpha value is -2.22. The lowest BCUT2D eigenvalue weighted by atomic mass is 9.68. The molecule has 3 atom stereocenters. The van der Waals surface area contributed by atoms with Crippen LogP contribution in [0.15, 0.2) is 47.4 Å². The van der Waals surface area contributed by atoms with Crippen molar-refractivity contribution in [3.8, 4) is 5.75 Å². The summed E-state index contributed by atoms with van der Waals surface area (Å²) in [5, 5.41) is 11.4. The number of hydrogen-bond acceptors (Lipinski definition) is 9. The maximum absolute atomic E-state index is 14.1. The van der Waals surface area contributed by atoms with Crippen LogP contribution in [0.25, 0.3) is 0 Å². The van der Waals surface area contributed by atoms with Crippen molar-refractivity contribution in [2.45, 2.75) is 107 Å². The Morgan fingerprint density at radius 1 is 1.02 bits per heavy atom. The second-order valence-corrected chi connectivity index (χ2v) is 18.5. The van der Waals surface area contributed by atoms with Crippen LogP contribution < -0.4 is 15.1 Å². The van der Waals surface area contributed by atoms with Crippen LogP contribution in [0.3, 0.4) is 0 Å². The lowest BCUT2D eigenvalue weighted by Gasteiger charge is -2.52. The molecule has 0 aromatic heterocycles. The third-order valence-electron chi connectivity index (χ3n) is 11.5. The van der Waals surface area contributed by atoms with Crippen molar-refractivity contribution in [1.82, 2.24) is 5.43 Å². The first kappa shape index (κ1) is 38.0. The number of anilines is 1. The average Bonchev–Trinajstić information content (AvgIpc) is 3.14. The van der Waals surface area contributed by atoms with Gasteiger partial charge < -0.3 is 19.3 Å². The van der Waals surface area contributed by atoms with Crippen LogP contribution in [0.5, 0.6) is 5.75 Å². The number of ether oxygens (including phenoxy) is 1. The molecule has 49 heavy (non-hydrogen) atoms. The molecule has 0 saturated carbocycles. The van der Waals surface area contributed by atoms with Gasteiger partial charge in [0.25, 0.3) is 0 Å². The molecule has 0 spiro atoms. The number of hydrogen-bond donors (Lipinski definition) is 2. The molecule has 0 amide bonds. The summed E-state index contributed by atoms with van der Waals surface area (Å²) >= 11 is 0. The normalized spacial score (nSPS) is 26.4. The van der Waals surface area contributed by atoms with E-state index in [4.69, 9.17) is 4.74 Å². The Kier molecular flexibility index (Phi) is 12.1. The molecule has 4 heterocycles. The first-order chi connectivity index (χ1) is 23.2. The largest absolute Gasteiger partial charge is 0.743 e. The number of aliphatic hydroxyl groups is 1. The summed E-state index contributed by atoms with van der Waals surface area (Å²) in [6.07, 6.45) is 7.25. The van der Waals surface area contributed by atoms with Crippen molar-refractivity contribution in [2.75, 3.05) is 51.0 Å². The van der Waals surface area contributed by atoms with Gasteiger partial charge >= 0.3 is 0 Å². The van der Waals surface area contributed by atoms with Gasteiger partial charge in [-0.3, -0.25) is 0 Å². The molecule has 3 fully saturated rings. The molecule has 3 saturated heterocycles. The van der Waals surface area contributed by atoms with Crippen molar-refractivity contribution in [2.24, 2.45) is 11.3 Å². The van der Waals surface area contributed by atoms with E-state index in [1.54, 1.807) is 6.07 Å². The van der Waals surface area contributed by atoms with Gasteiger partial charge in [0.1, 0.15) is 5.75 Å². The molecule has 6 rings (SSSR count). The Labute approximate surface area is 294 Å². The van der Waals surface area contributed by atoms with Crippen LogP contribution >= 0.6 is 0 Å². The van der Waals surface area contributed by atoms with Crippen molar-refractivity contribution in [1.29, 1.82) is 0 Å². The van der Waals surface area contributed by atoms with Gasteiger partial charge in [-0.05, 0) is 73.1 Å². The highest BCUT2D eigenvalue weighted by molar-refractivity contribution is 7.91. The molecule has 2 N–H and O–H groups in total. The number of piperidine rings is 1. The lowest BCUT2D eigenvalue weighted by molar-refractivity contribution is -0.993. The zero-order valence-corrected chi connectivity index (χ0v) is 31.4. The number of aliphatic hydroxyl groups excluding tert-OH is 1. The van der Waals surface area contributed by atoms with E-state index in [1.807, 2.05) is 55.4 Å². The number of sulfone groups is 1. The molecular weight excluding hydrogens is 663 g/mol. The highest BCUT2D eigenvalue weighted by Gasteiger charge is 2.50. The fourth-order valence-electron chi connectivity index (χ4n) is 8.56. The fourth-order valence-corrected chi connectivity index (χ4v) is 12.0. The van der Waals surface area contributed by atoms with Crippen LogP contribution in [0.4, 0.5) is 5.69 Å². The van der Waals surface area contributed by atoms with Crippen molar-refractivity contribution < 1.29 is 35.8 Å². The highest BCUT2D eigenvalue weighted by Crippen LogP contribution is 2.50. The standard InChI is InChI=1S/C37H57N3O7S2/c1-5-7-20-37(21-8-6-2)27-48(42,43)33-17-14-30(39(3)4)25-32(33)35(36(37)41)29-12-15-31(16-13-29)47-24-10-9-11-34(49(44,45)46)40-22-18-28(19-23-40)26-38-40/h12-17,25,28,34-36,38,41H,5-11,18-24,26-27H2,1-4H3/t28?,34?,35-,36-,40?/m1/s1. The molecule has 0 aliphatic carbocycles. The first-order valence-electron chi connectivity index (χ1n) is 18.3. The first-order valence-corrected chi connectivity index (χ1v) is 21.4. The molecule has 4 aliphatic rings. The maximum Gasteiger partial charge on any atom is 0.196 e. The second kappa shape index (κ2) is 15.6. The van der Waals surface area contributed by atoms with Crippen molar-refractivity contribution in [3.63, 3.8) is 0 Å². The van der Waals surface area contributed by atoms with Gasteiger partial charge in [-0.15, -0.1) is 0 Å². The highest BCUT2D eigenvalue weighted by atomic mass is 32.2. The lowest BCUT2D eigenvalue weighted by Crippen LogP contribution is -2.73. The molecular formula is C37H57N3O7S2. The number of unbranched alkanes of at least 4 members (excludes halogenated alkanes) is 3. The van der Waals surface area contributed by atoms with E-state index in [-0.39, 0.29) is 10.3 Å². The molecule has 2 aromatic rings. The third-order valence-corrected chi connectivity index (χ3v) is 14.8. The minimum absolute atomic E-state index is 0.0712. The predicted octanol–water partition coefficient (Wildman–Crippen LogP) is 5.56. The van der Waals surface area contributed by atoms with Crippen LogP contribution in [0.1, 0.15) is 102 Å². The summed E-state index contributed by atoms with van der Waals surface area (Å²) in [6.45, 7) is 6.69. The quantitative estimate of drug-likeness (QED) is 0.130. The van der Waals surface area contributed by atoms with Crippen molar-refractivity contribution in [3.05, 3.63) is 53.6 Å². The summed E-state index contributed by atoms with van der Waals surface area (Å²) < 4.78 is 71.4. The van der Waals surface area contributed by atoms with Crippen LogP contribution in [0.2, 0.25) is 0 Å². The summed E-state index contributed by atoms with van der Waals surface area (Å²) in [7, 11) is -4.30. The van der Waals surface area contributed by atoms with Gasteiger partial charge in [-0.2, -0.15) is 5.43 Å². The van der Waals surface area contributed by atoms with Crippen molar-refractivity contribution >= 4 is 25.6 Å². The Bertz CT molecular complexity index is 1600. The SMILES string of the molecule is CCCCC1(CCCC)CS(=O)(=O)c2ccc(N(C)C)cc2[C@@H](c2ccc(OCCCCC([N+]34CCC(CC3)CN4)S(=O)(=O)[O-])cc2)[C@H]1O. The number of rotatable bonds is 16. The Balaban J connectivity index is 1.34. The van der Waals surface area contributed by atoms with E-state index >= 15 is 0 Å². The molecule has 12 heteroatoms. The zero-order chi connectivity index (χ0) is 35.5. The molecule has 10 nitrogen and oxygen atoms in total. The summed E-state index contributed by atoms with van der Waals surface area (Å²) in [6, 6.07) is 13.1. The second-order valence-electron chi connectivity index (χ2n) is 15.0. The molecule has 274 valence electrons. The molecule has 2 aromatic carbocycles. The molecule has 2 bridgehead atoms. The monoisotopic (exact) mass is 719 g/mol. The summed E-state index contributed by atoms with van der Waals surface area (Å²) in [5.41, 5.74) is 4.92. The minimum atomic E-state index is -4.47. The minimum Gasteiger partial charge on any atom is -0.743 e. The van der Waals surface area contributed by atoms with E-state index in [2.05, 4.69) is 19.3 Å².